The molecule has 11 nitrogen and oxygen atoms in total. The zero-order valence-electron chi connectivity index (χ0n) is 32.2. The molecule has 296 valence electrons. The van der Waals surface area contributed by atoms with Crippen LogP contribution in [0.25, 0.3) is 16.6 Å². The van der Waals surface area contributed by atoms with Gasteiger partial charge in [0.1, 0.15) is 29.3 Å². The fourth-order valence-corrected chi connectivity index (χ4v) is 9.61. The lowest BCUT2D eigenvalue weighted by atomic mass is 9.83. The molecule has 1 atom stereocenters. The number of hydrogen-bond donors (Lipinski definition) is 1. The third kappa shape index (κ3) is 6.48. The quantitative estimate of drug-likeness (QED) is 0.193. The van der Waals surface area contributed by atoms with Crippen LogP contribution in [-0.4, -0.2) is 70.5 Å². The number of imide groups is 1. The van der Waals surface area contributed by atoms with E-state index >= 15 is 8.78 Å². The number of likely N-dealkylation sites (tertiary alicyclic amines) is 1. The predicted molar refractivity (Wildman–Crippen MR) is 217 cm³/mol. The minimum Gasteiger partial charge on any atom is -0.368 e. The summed E-state index contributed by atoms with van der Waals surface area (Å²) in [6.07, 6.45) is 3.87. The number of amides is 2. The molecule has 14 heteroatoms. The Hall–Kier alpha value is -5.71. The Bertz CT molecular complexity index is 2600. The number of benzene rings is 3. The van der Waals surface area contributed by atoms with Crippen molar-refractivity contribution < 1.29 is 18.4 Å². The van der Waals surface area contributed by atoms with Crippen LogP contribution in [0.3, 0.4) is 0 Å². The first-order valence-electron chi connectivity index (χ1n) is 19.7. The van der Waals surface area contributed by atoms with E-state index in [2.05, 4.69) is 57.9 Å². The smallest absolute Gasteiger partial charge is 0.282 e. The molecule has 9 rings (SSSR count). The highest BCUT2D eigenvalue weighted by atomic mass is 35.5. The van der Waals surface area contributed by atoms with E-state index in [-0.39, 0.29) is 24.0 Å². The zero-order valence-corrected chi connectivity index (χ0v) is 33.0. The van der Waals surface area contributed by atoms with E-state index in [9.17, 15) is 19.6 Å². The summed E-state index contributed by atoms with van der Waals surface area (Å²) >= 11 is 6.49. The number of nitrogens with one attached hydrogen (secondary N) is 1. The van der Waals surface area contributed by atoms with Crippen LogP contribution in [0.15, 0.2) is 65.6 Å². The Kier molecular flexibility index (Phi) is 9.52. The van der Waals surface area contributed by atoms with Gasteiger partial charge in [-0.15, -0.1) is 0 Å². The van der Waals surface area contributed by atoms with Crippen LogP contribution in [0.2, 0.25) is 5.02 Å². The lowest BCUT2D eigenvalue weighted by Gasteiger charge is -2.37. The van der Waals surface area contributed by atoms with Gasteiger partial charge in [0.2, 0.25) is 11.8 Å². The van der Waals surface area contributed by atoms with Crippen molar-refractivity contribution in [2.45, 2.75) is 63.3 Å². The summed E-state index contributed by atoms with van der Waals surface area (Å²) < 4.78 is 32.6. The summed E-state index contributed by atoms with van der Waals surface area (Å²) in [6.45, 7) is 8.56. The number of aromatic nitrogens is 3. The maximum Gasteiger partial charge on any atom is 0.282 e. The summed E-state index contributed by atoms with van der Waals surface area (Å²) in [7, 11) is 0. The lowest BCUT2D eigenvalue weighted by Crippen LogP contribution is -2.47. The standard InChI is InChI=1S/C44H41ClF2N8O3/c1-44(2)31-8-6-27(19-36(31)55-35-5-3-4-32(45)39(35)42(58)51-43(44)55)26-10-12-52(13-11-26)24-25-18-28(22-48)40(49-23-25)54-16-14-53(15-17-54)29-20-33(46)38(34(47)21-29)30-7-9-37(56)50-41(30)57/h3-6,8,18-21,23,26,30H,7,9-17,24H2,1-2H3,(H,50,56,57). The van der Waals surface area contributed by atoms with E-state index in [0.29, 0.717) is 66.1 Å². The molecule has 0 aliphatic carbocycles. The Morgan fingerprint density at radius 1 is 0.931 bits per heavy atom. The van der Waals surface area contributed by atoms with Crippen LogP contribution in [0, 0.1) is 23.0 Å². The molecule has 3 saturated heterocycles. The average Bonchev–Trinajstić information content (AvgIpc) is 3.43. The number of halogens is 3. The number of hydrogen-bond acceptors (Lipinski definition) is 9. The highest BCUT2D eigenvalue weighted by molar-refractivity contribution is 6.35. The second-order valence-electron chi connectivity index (χ2n) is 16.3. The van der Waals surface area contributed by atoms with E-state index < -0.39 is 34.8 Å². The number of carbonyl (C=O) groups is 2. The first-order chi connectivity index (χ1) is 27.9. The van der Waals surface area contributed by atoms with Gasteiger partial charge in [0, 0.05) is 56.6 Å². The summed E-state index contributed by atoms with van der Waals surface area (Å²) in [5.41, 5.74) is 4.95. The monoisotopic (exact) mass is 802 g/mol. The molecule has 2 amide bonds. The summed E-state index contributed by atoms with van der Waals surface area (Å²) in [5, 5.41) is 13.1. The third-order valence-corrected chi connectivity index (χ3v) is 12.8. The molecule has 0 saturated carbocycles. The van der Waals surface area contributed by atoms with Gasteiger partial charge >= 0.3 is 0 Å². The SMILES string of the molecule is CC1(C)c2ccc(C3CCN(Cc4cnc(N5CCN(c6cc(F)c(C7CCC(=O)NC7=O)c(F)c6)CC5)c(C#N)c4)CC3)cc2-n2c1nc(=O)c1c(Cl)cccc12. The third-order valence-electron chi connectivity index (χ3n) is 12.5. The number of nitrogens with zero attached hydrogens (tertiary/aromatic N) is 7. The number of piperazine rings is 1. The van der Waals surface area contributed by atoms with E-state index in [1.54, 1.807) is 6.07 Å². The first kappa shape index (κ1) is 37.8. The fraction of sp³-hybridized carbons (Fsp3) is 0.364. The summed E-state index contributed by atoms with van der Waals surface area (Å²) in [5.74, 6) is -2.12. The van der Waals surface area contributed by atoms with Gasteiger partial charge in [-0.05, 0) is 105 Å². The van der Waals surface area contributed by atoms with Crippen LogP contribution < -0.4 is 20.7 Å². The van der Waals surface area contributed by atoms with Gasteiger partial charge in [-0.3, -0.25) is 29.2 Å². The second-order valence-corrected chi connectivity index (χ2v) is 16.7. The van der Waals surface area contributed by atoms with Crippen molar-refractivity contribution in [1.29, 1.82) is 5.26 Å². The van der Waals surface area contributed by atoms with E-state index in [1.807, 2.05) is 34.2 Å². The molecule has 4 aliphatic rings. The molecule has 0 radical (unpaired) electrons. The number of nitriles is 1. The van der Waals surface area contributed by atoms with Crippen molar-refractivity contribution in [3.8, 4) is 11.8 Å². The number of fused-ring (bicyclic) bond motifs is 5. The molecule has 2 aromatic heterocycles. The Balaban J connectivity index is 0.840. The fourth-order valence-electron chi connectivity index (χ4n) is 9.36. The highest BCUT2D eigenvalue weighted by Gasteiger charge is 2.39. The van der Waals surface area contributed by atoms with Crippen LogP contribution in [0.4, 0.5) is 20.3 Å². The molecule has 1 unspecified atom stereocenters. The Morgan fingerprint density at radius 3 is 2.36 bits per heavy atom. The molecule has 5 aromatic rings. The zero-order chi connectivity index (χ0) is 40.5. The second kappa shape index (κ2) is 14.6. The molecule has 1 N–H and O–H groups in total. The van der Waals surface area contributed by atoms with Crippen LogP contribution in [0.5, 0.6) is 0 Å². The maximum atomic E-state index is 15.2. The topological polar surface area (TPSA) is 127 Å². The van der Waals surface area contributed by atoms with E-state index in [1.165, 1.54) is 17.7 Å². The number of anilines is 2. The van der Waals surface area contributed by atoms with Crippen molar-refractivity contribution in [2.24, 2.45) is 0 Å². The normalized spacial score (nSPS) is 19.6. The maximum absolute atomic E-state index is 15.2. The number of carbonyl (C=O) groups excluding carboxylic acids is 2. The van der Waals surface area contributed by atoms with Gasteiger partial charge in [-0.2, -0.15) is 10.2 Å². The van der Waals surface area contributed by atoms with E-state index in [0.717, 1.165) is 54.1 Å². The van der Waals surface area contributed by atoms with Gasteiger partial charge in [-0.25, -0.2) is 13.8 Å². The van der Waals surface area contributed by atoms with Crippen molar-refractivity contribution in [2.75, 3.05) is 49.1 Å². The largest absolute Gasteiger partial charge is 0.368 e. The molecule has 6 heterocycles. The highest BCUT2D eigenvalue weighted by Crippen LogP contribution is 2.45. The van der Waals surface area contributed by atoms with Crippen molar-refractivity contribution in [3.05, 3.63) is 121 Å². The Morgan fingerprint density at radius 2 is 1.66 bits per heavy atom. The Labute approximate surface area is 338 Å². The van der Waals surface area contributed by atoms with Crippen LogP contribution in [-0.2, 0) is 21.5 Å². The van der Waals surface area contributed by atoms with Gasteiger partial charge in [0.05, 0.1) is 38.5 Å². The first-order valence-corrected chi connectivity index (χ1v) is 20.1. The summed E-state index contributed by atoms with van der Waals surface area (Å²) in [4.78, 5) is 52.5. The van der Waals surface area contributed by atoms with Gasteiger partial charge in [0.15, 0.2) is 0 Å². The summed E-state index contributed by atoms with van der Waals surface area (Å²) in [6, 6.07) is 18.9. The molecule has 0 bridgehead atoms. The predicted octanol–water partition coefficient (Wildman–Crippen LogP) is 6.45. The van der Waals surface area contributed by atoms with Gasteiger partial charge < -0.3 is 9.80 Å². The van der Waals surface area contributed by atoms with E-state index in [4.69, 9.17) is 16.6 Å². The molecular weight excluding hydrogens is 762 g/mol. The van der Waals surface area contributed by atoms with Gasteiger partial charge in [0.25, 0.3) is 5.56 Å². The molecular formula is C44H41ClF2N8O3. The molecule has 4 aliphatic heterocycles. The number of piperidine rings is 2. The van der Waals surface area contributed by atoms with Gasteiger partial charge in [-0.1, -0.05) is 29.8 Å². The molecule has 0 spiro atoms. The van der Waals surface area contributed by atoms with Crippen molar-refractivity contribution in [1.82, 2.24) is 24.8 Å². The van der Waals surface area contributed by atoms with Crippen molar-refractivity contribution >= 4 is 45.8 Å². The number of rotatable bonds is 6. The van der Waals surface area contributed by atoms with Crippen molar-refractivity contribution in [3.63, 3.8) is 0 Å². The average molecular weight is 803 g/mol. The minimum absolute atomic E-state index is 0.0311. The molecule has 3 fully saturated rings. The molecule has 3 aromatic carbocycles. The number of pyridine rings is 1. The molecule has 58 heavy (non-hydrogen) atoms. The minimum atomic E-state index is -1.05. The van der Waals surface area contributed by atoms with Crippen LogP contribution in [0.1, 0.15) is 85.0 Å². The lowest BCUT2D eigenvalue weighted by molar-refractivity contribution is -0.134. The van der Waals surface area contributed by atoms with Crippen LogP contribution >= 0.6 is 11.6 Å².